The first-order chi connectivity index (χ1) is 15.8. The van der Waals surface area contributed by atoms with Crippen LogP contribution >= 0.6 is 0 Å². The summed E-state index contributed by atoms with van der Waals surface area (Å²) < 4.78 is 42.7. The van der Waals surface area contributed by atoms with Crippen LogP contribution in [0.4, 0.5) is 4.39 Å². The minimum absolute atomic E-state index is 0.107. The van der Waals surface area contributed by atoms with Crippen molar-refractivity contribution in [1.29, 1.82) is 0 Å². The number of nitrogens with one attached hydrogen (secondary N) is 1. The van der Waals surface area contributed by atoms with Crippen molar-refractivity contribution in [1.82, 2.24) is 19.4 Å². The number of benzene rings is 2. The second-order valence-electron chi connectivity index (χ2n) is 8.22. The van der Waals surface area contributed by atoms with Gasteiger partial charge in [0.25, 0.3) is 0 Å². The Morgan fingerprint density at radius 3 is 2.36 bits per heavy atom. The van der Waals surface area contributed by atoms with E-state index in [0.717, 1.165) is 28.7 Å². The van der Waals surface area contributed by atoms with E-state index < -0.39 is 15.8 Å². The maximum atomic E-state index is 14.0. The third-order valence-corrected chi connectivity index (χ3v) is 8.09. The number of halogens is 1. The molecule has 174 valence electrons. The Hall–Kier alpha value is -3.04. The fraction of sp³-hybridized carbons (Fsp3) is 0.333. The zero-order valence-electron chi connectivity index (χ0n) is 18.7. The van der Waals surface area contributed by atoms with Crippen molar-refractivity contribution in [3.63, 3.8) is 0 Å². The Bertz CT molecular complexity index is 1250. The minimum atomic E-state index is -3.92. The lowest BCUT2D eigenvalue weighted by molar-refractivity contribution is -0.126. The zero-order valence-corrected chi connectivity index (χ0v) is 19.5. The molecule has 0 bridgehead atoms. The second kappa shape index (κ2) is 9.44. The van der Waals surface area contributed by atoms with Gasteiger partial charge in [-0.05, 0) is 51.0 Å². The van der Waals surface area contributed by atoms with Crippen molar-refractivity contribution in [3.8, 4) is 5.69 Å². The van der Waals surface area contributed by atoms with Gasteiger partial charge >= 0.3 is 0 Å². The van der Waals surface area contributed by atoms with Crippen molar-refractivity contribution in [2.75, 3.05) is 13.1 Å². The highest BCUT2D eigenvalue weighted by molar-refractivity contribution is 7.89. The van der Waals surface area contributed by atoms with Gasteiger partial charge < -0.3 is 5.32 Å². The summed E-state index contributed by atoms with van der Waals surface area (Å²) in [4.78, 5) is 12.5. The highest BCUT2D eigenvalue weighted by Crippen LogP contribution is 2.26. The van der Waals surface area contributed by atoms with E-state index in [4.69, 9.17) is 0 Å². The molecule has 0 aliphatic carbocycles. The first-order valence-electron chi connectivity index (χ1n) is 10.9. The Balaban J connectivity index is 1.37. The summed E-state index contributed by atoms with van der Waals surface area (Å²) in [5.41, 5.74) is 3.73. The number of carbonyl (C=O) groups excluding carboxylic acids is 1. The third-order valence-electron chi connectivity index (χ3n) is 6.16. The van der Waals surface area contributed by atoms with Crippen LogP contribution in [0, 0.1) is 25.6 Å². The molecule has 1 aliphatic heterocycles. The molecule has 3 aromatic rings. The van der Waals surface area contributed by atoms with Crippen molar-refractivity contribution in [2.45, 2.75) is 38.1 Å². The van der Waals surface area contributed by atoms with Crippen LogP contribution in [-0.4, -0.2) is 41.5 Å². The van der Waals surface area contributed by atoms with E-state index in [2.05, 4.69) is 10.4 Å². The van der Waals surface area contributed by atoms with E-state index in [1.54, 1.807) is 0 Å². The topological polar surface area (TPSA) is 84.3 Å². The smallest absolute Gasteiger partial charge is 0.245 e. The maximum Gasteiger partial charge on any atom is 0.245 e. The number of nitrogens with zero attached hydrogens (tertiary/aromatic N) is 3. The number of hydrogen-bond donors (Lipinski definition) is 1. The average molecular weight is 471 g/mol. The number of carbonyl (C=O) groups is 1. The molecule has 0 spiro atoms. The molecule has 33 heavy (non-hydrogen) atoms. The Kier molecular flexibility index (Phi) is 6.62. The van der Waals surface area contributed by atoms with Crippen LogP contribution < -0.4 is 5.32 Å². The second-order valence-corrected chi connectivity index (χ2v) is 10.1. The SMILES string of the molecule is Cc1nn(-c2ccccc2)c(C)c1CNC(=O)C1CCN(S(=O)(=O)c2ccccc2F)CC1. The quantitative estimate of drug-likeness (QED) is 0.599. The largest absolute Gasteiger partial charge is 0.352 e. The number of amides is 1. The average Bonchev–Trinajstić information content (AvgIpc) is 3.11. The molecule has 1 saturated heterocycles. The first-order valence-corrected chi connectivity index (χ1v) is 12.4. The van der Waals surface area contributed by atoms with E-state index >= 15 is 0 Å². The Morgan fingerprint density at radius 2 is 1.70 bits per heavy atom. The monoisotopic (exact) mass is 470 g/mol. The summed E-state index contributed by atoms with van der Waals surface area (Å²) in [6.45, 7) is 4.61. The Labute approximate surface area is 193 Å². The lowest BCUT2D eigenvalue weighted by Gasteiger charge is -2.30. The van der Waals surface area contributed by atoms with Gasteiger partial charge in [0.15, 0.2) is 0 Å². The highest BCUT2D eigenvalue weighted by atomic mass is 32.2. The predicted octanol–water partition coefficient (Wildman–Crippen LogP) is 3.35. The zero-order chi connectivity index (χ0) is 23.6. The standard InChI is InChI=1S/C24H27FN4O3S/c1-17-21(18(2)29(27-17)20-8-4-3-5-9-20)16-26-24(30)19-12-14-28(15-13-19)33(31,32)23-11-7-6-10-22(23)25/h3-11,19H,12-16H2,1-2H3,(H,26,30). The van der Waals surface area contributed by atoms with Crippen LogP contribution in [-0.2, 0) is 21.4 Å². The first kappa shape index (κ1) is 23.1. The van der Waals surface area contributed by atoms with E-state index in [1.165, 1.54) is 22.5 Å². The summed E-state index contributed by atoms with van der Waals surface area (Å²) in [5, 5.41) is 7.59. The van der Waals surface area contributed by atoms with Gasteiger partial charge in [-0.1, -0.05) is 30.3 Å². The van der Waals surface area contributed by atoms with Gasteiger partial charge in [0.1, 0.15) is 10.7 Å². The molecular formula is C24H27FN4O3S. The van der Waals surface area contributed by atoms with E-state index in [-0.39, 0.29) is 29.8 Å². The molecule has 1 aromatic heterocycles. The number of sulfonamides is 1. The highest BCUT2D eigenvalue weighted by Gasteiger charge is 2.33. The molecule has 9 heteroatoms. The number of rotatable bonds is 6. The van der Waals surface area contributed by atoms with Crippen molar-refractivity contribution < 1.29 is 17.6 Å². The number of aromatic nitrogens is 2. The van der Waals surface area contributed by atoms with Gasteiger partial charge in [-0.3, -0.25) is 4.79 Å². The summed E-state index contributed by atoms with van der Waals surface area (Å²) in [6, 6.07) is 15.2. The summed E-state index contributed by atoms with van der Waals surface area (Å²) in [5.74, 6) is -1.16. The predicted molar refractivity (Wildman–Crippen MR) is 123 cm³/mol. The van der Waals surface area contributed by atoms with Gasteiger partial charge in [-0.15, -0.1) is 0 Å². The van der Waals surface area contributed by atoms with Gasteiger partial charge in [0.2, 0.25) is 15.9 Å². The van der Waals surface area contributed by atoms with Crippen LogP contribution in [0.15, 0.2) is 59.5 Å². The molecular weight excluding hydrogens is 443 g/mol. The molecule has 0 unspecified atom stereocenters. The van der Waals surface area contributed by atoms with Crippen LogP contribution in [0.3, 0.4) is 0 Å². The molecule has 0 saturated carbocycles. The lowest BCUT2D eigenvalue weighted by atomic mass is 9.97. The number of para-hydroxylation sites is 1. The van der Waals surface area contributed by atoms with Gasteiger partial charge in [0, 0.05) is 36.8 Å². The van der Waals surface area contributed by atoms with Gasteiger partial charge in [-0.25, -0.2) is 17.5 Å². The molecule has 1 aliphatic rings. The van der Waals surface area contributed by atoms with Crippen molar-refractivity contribution >= 4 is 15.9 Å². The lowest BCUT2D eigenvalue weighted by Crippen LogP contribution is -2.43. The third kappa shape index (κ3) is 4.69. The van der Waals surface area contributed by atoms with Crippen LogP contribution in [0.2, 0.25) is 0 Å². The summed E-state index contributed by atoms with van der Waals surface area (Å²) >= 11 is 0. The van der Waals surface area contributed by atoms with Crippen LogP contribution in [0.1, 0.15) is 29.8 Å². The molecule has 1 N–H and O–H groups in total. The number of aryl methyl sites for hydroxylation is 1. The van der Waals surface area contributed by atoms with E-state index in [0.29, 0.717) is 19.4 Å². The van der Waals surface area contributed by atoms with Gasteiger partial charge in [-0.2, -0.15) is 9.40 Å². The molecule has 0 radical (unpaired) electrons. The number of piperidine rings is 1. The molecule has 4 rings (SSSR count). The maximum absolute atomic E-state index is 14.0. The minimum Gasteiger partial charge on any atom is -0.352 e. The molecule has 0 atom stereocenters. The van der Waals surface area contributed by atoms with Gasteiger partial charge in [0.05, 0.1) is 11.4 Å². The van der Waals surface area contributed by atoms with E-state index in [1.807, 2.05) is 48.9 Å². The molecule has 1 amide bonds. The summed E-state index contributed by atoms with van der Waals surface area (Å²) in [7, 11) is -3.92. The van der Waals surface area contributed by atoms with Crippen molar-refractivity contribution in [3.05, 3.63) is 77.4 Å². The normalized spacial score (nSPS) is 15.5. The van der Waals surface area contributed by atoms with Crippen LogP contribution in [0.5, 0.6) is 0 Å². The molecule has 7 nitrogen and oxygen atoms in total. The molecule has 2 aromatic carbocycles. The van der Waals surface area contributed by atoms with Crippen molar-refractivity contribution in [2.24, 2.45) is 5.92 Å². The fourth-order valence-electron chi connectivity index (χ4n) is 4.22. The molecule has 2 heterocycles. The summed E-state index contributed by atoms with van der Waals surface area (Å²) in [6.07, 6.45) is 0.779. The molecule has 1 fully saturated rings. The fourth-order valence-corrected chi connectivity index (χ4v) is 5.76. The van der Waals surface area contributed by atoms with E-state index in [9.17, 15) is 17.6 Å². The Morgan fingerprint density at radius 1 is 1.06 bits per heavy atom. The number of hydrogen-bond acceptors (Lipinski definition) is 4. The van der Waals surface area contributed by atoms with Crippen LogP contribution in [0.25, 0.3) is 5.69 Å².